The molecule has 7 nitrogen and oxygen atoms in total. The third-order valence-electron chi connectivity index (χ3n) is 4.69. The van der Waals surface area contributed by atoms with E-state index in [0.717, 1.165) is 22.4 Å². The van der Waals surface area contributed by atoms with Gasteiger partial charge in [0, 0.05) is 0 Å². The van der Waals surface area contributed by atoms with Crippen LogP contribution < -0.4 is 15.5 Å². The second kappa shape index (κ2) is 12.7. The number of hydrogen-bond donors (Lipinski definition) is 2. The molecule has 0 unspecified atom stereocenters. The van der Waals surface area contributed by atoms with Crippen molar-refractivity contribution >= 4 is 18.2 Å². The van der Waals surface area contributed by atoms with Crippen LogP contribution in [0.1, 0.15) is 36.1 Å². The van der Waals surface area contributed by atoms with Crippen molar-refractivity contribution < 1.29 is 19.1 Å². The molecule has 1 atom stereocenters. The van der Waals surface area contributed by atoms with Gasteiger partial charge in [-0.25, -0.2) is 10.2 Å². The number of nitrogens with one attached hydrogen (secondary N) is 2. The summed E-state index contributed by atoms with van der Waals surface area (Å²) in [6.45, 7) is 2.47. The molecule has 0 bridgehead atoms. The van der Waals surface area contributed by atoms with E-state index in [-0.39, 0.29) is 18.9 Å². The van der Waals surface area contributed by atoms with Crippen molar-refractivity contribution in [1.82, 2.24) is 10.7 Å². The average Bonchev–Trinajstić information content (AvgIpc) is 2.84. The summed E-state index contributed by atoms with van der Waals surface area (Å²) in [5, 5.41) is 6.73. The summed E-state index contributed by atoms with van der Waals surface area (Å²) in [6, 6.07) is 26.0. The van der Waals surface area contributed by atoms with Crippen LogP contribution in [0.2, 0.25) is 0 Å². The van der Waals surface area contributed by atoms with Gasteiger partial charge in [0.1, 0.15) is 12.4 Å². The van der Waals surface area contributed by atoms with E-state index in [1.807, 2.05) is 84.9 Å². The maximum Gasteiger partial charge on any atom is 0.407 e. The molecule has 0 saturated heterocycles. The lowest BCUT2D eigenvalue weighted by atomic mass is 10.0. The van der Waals surface area contributed by atoms with Crippen molar-refractivity contribution in [3.05, 3.63) is 102 Å². The van der Waals surface area contributed by atoms with Crippen LogP contribution in [-0.4, -0.2) is 24.8 Å². The molecule has 0 heterocycles. The first-order valence-electron chi connectivity index (χ1n) is 10.7. The summed E-state index contributed by atoms with van der Waals surface area (Å²) >= 11 is 0. The van der Waals surface area contributed by atoms with Crippen LogP contribution in [0.4, 0.5) is 4.79 Å². The molecule has 33 heavy (non-hydrogen) atoms. The Morgan fingerprint density at radius 1 is 0.939 bits per heavy atom. The number of carbonyl (C=O) groups is 2. The molecule has 2 N–H and O–H groups in total. The lowest BCUT2D eigenvalue weighted by Gasteiger charge is -2.18. The lowest BCUT2D eigenvalue weighted by Crippen LogP contribution is -2.33. The minimum absolute atomic E-state index is 0.0203. The number of amides is 2. The van der Waals surface area contributed by atoms with Gasteiger partial charge in [-0.3, -0.25) is 4.79 Å². The monoisotopic (exact) mass is 445 g/mol. The van der Waals surface area contributed by atoms with Crippen LogP contribution in [0, 0.1) is 0 Å². The number of carbonyl (C=O) groups excluding carboxylic acids is 2. The Bertz CT molecular complexity index is 1040. The Hall–Kier alpha value is -4.13. The van der Waals surface area contributed by atoms with Crippen molar-refractivity contribution in [2.24, 2.45) is 5.10 Å². The zero-order valence-corrected chi connectivity index (χ0v) is 18.4. The minimum atomic E-state index is -0.572. The van der Waals surface area contributed by atoms with Crippen LogP contribution in [0.15, 0.2) is 90.0 Å². The second-order valence-corrected chi connectivity index (χ2v) is 7.17. The van der Waals surface area contributed by atoms with E-state index in [4.69, 9.17) is 9.47 Å². The van der Waals surface area contributed by atoms with E-state index < -0.39 is 12.1 Å². The van der Waals surface area contributed by atoms with E-state index >= 15 is 0 Å². The van der Waals surface area contributed by atoms with Crippen LogP contribution in [0.5, 0.6) is 5.75 Å². The van der Waals surface area contributed by atoms with Gasteiger partial charge in [-0.05, 0) is 47.9 Å². The summed E-state index contributed by atoms with van der Waals surface area (Å²) in [5.74, 6) is 0.412. The topological polar surface area (TPSA) is 89.0 Å². The zero-order valence-electron chi connectivity index (χ0n) is 18.4. The molecule has 3 aromatic rings. The first-order valence-corrected chi connectivity index (χ1v) is 10.7. The molecule has 0 aliphatic heterocycles. The summed E-state index contributed by atoms with van der Waals surface area (Å²) in [7, 11) is 0. The molecule has 0 aromatic heterocycles. The highest BCUT2D eigenvalue weighted by Gasteiger charge is 2.18. The summed E-state index contributed by atoms with van der Waals surface area (Å²) in [4.78, 5) is 24.3. The second-order valence-electron chi connectivity index (χ2n) is 7.17. The SMILES string of the molecule is CCOC(=O)N[C@@H](CC(=O)N/N=C\c1ccc(OCc2ccccc2)cc1)c1ccccc1. The minimum Gasteiger partial charge on any atom is -0.489 e. The van der Waals surface area contributed by atoms with E-state index in [1.165, 1.54) is 0 Å². The van der Waals surface area contributed by atoms with Crippen molar-refractivity contribution in [1.29, 1.82) is 0 Å². The maximum absolute atomic E-state index is 12.4. The maximum atomic E-state index is 12.4. The zero-order chi connectivity index (χ0) is 23.3. The molecule has 3 aromatic carbocycles. The smallest absolute Gasteiger partial charge is 0.407 e. The average molecular weight is 446 g/mol. The van der Waals surface area contributed by atoms with Crippen LogP contribution in [0.3, 0.4) is 0 Å². The van der Waals surface area contributed by atoms with Gasteiger partial charge in [0.2, 0.25) is 5.91 Å². The van der Waals surface area contributed by atoms with Gasteiger partial charge < -0.3 is 14.8 Å². The highest BCUT2D eigenvalue weighted by atomic mass is 16.5. The predicted molar refractivity (Wildman–Crippen MR) is 127 cm³/mol. The number of ether oxygens (including phenoxy) is 2. The van der Waals surface area contributed by atoms with Gasteiger partial charge in [-0.1, -0.05) is 60.7 Å². The molecular weight excluding hydrogens is 418 g/mol. The standard InChI is InChI=1S/C26H27N3O4/c1-2-32-26(31)28-24(22-11-7-4-8-12-22)17-25(30)29-27-18-20-13-15-23(16-14-20)33-19-21-9-5-3-6-10-21/h3-16,18,24H,2,17,19H2,1H3,(H,28,31)(H,29,30)/b27-18-/t24-/m0/s1. The third-order valence-corrected chi connectivity index (χ3v) is 4.69. The fourth-order valence-corrected chi connectivity index (χ4v) is 3.05. The fourth-order valence-electron chi connectivity index (χ4n) is 3.05. The molecular formula is C26H27N3O4. The molecule has 0 spiro atoms. The van der Waals surface area contributed by atoms with Crippen molar-refractivity contribution in [2.45, 2.75) is 26.0 Å². The number of hydrazone groups is 1. The molecule has 7 heteroatoms. The number of nitrogens with zero attached hydrogens (tertiary/aromatic N) is 1. The highest BCUT2D eigenvalue weighted by molar-refractivity contribution is 5.83. The van der Waals surface area contributed by atoms with Crippen molar-refractivity contribution in [2.75, 3.05) is 6.61 Å². The van der Waals surface area contributed by atoms with E-state index in [2.05, 4.69) is 15.8 Å². The lowest BCUT2D eigenvalue weighted by molar-refractivity contribution is -0.121. The Balaban J connectivity index is 1.50. The summed E-state index contributed by atoms with van der Waals surface area (Å²) in [6.07, 6.45) is 0.999. The Morgan fingerprint density at radius 3 is 2.27 bits per heavy atom. The van der Waals surface area contributed by atoms with Gasteiger partial charge in [-0.2, -0.15) is 5.10 Å². The van der Waals surface area contributed by atoms with Crippen molar-refractivity contribution in [3.63, 3.8) is 0 Å². The molecule has 0 saturated carbocycles. The molecule has 0 aliphatic carbocycles. The van der Waals surface area contributed by atoms with Crippen molar-refractivity contribution in [3.8, 4) is 5.75 Å². The Kier molecular flexibility index (Phi) is 9.03. The van der Waals surface area contributed by atoms with E-state index in [1.54, 1.807) is 13.1 Å². The largest absolute Gasteiger partial charge is 0.489 e. The van der Waals surface area contributed by atoms with Crippen LogP contribution >= 0.6 is 0 Å². The quantitative estimate of drug-likeness (QED) is 0.353. The number of hydrogen-bond acceptors (Lipinski definition) is 5. The molecule has 170 valence electrons. The molecule has 2 amide bonds. The summed E-state index contributed by atoms with van der Waals surface area (Å²) < 4.78 is 10.7. The first-order chi connectivity index (χ1) is 16.1. The molecule has 0 fully saturated rings. The van der Waals surface area contributed by atoms with Gasteiger partial charge in [-0.15, -0.1) is 0 Å². The normalized spacial score (nSPS) is 11.5. The molecule has 0 aliphatic rings. The van der Waals surface area contributed by atoms with Gasteiger partial charge in [0.15, 0.2) is 0 Å². The number of benzene rings is 3. The molecule has 3 rings (SSSR count). The number of alkyl carbamates (subject to hydrolysis) is 1. The van der Waals surface area contributed by atoms with Crippen LogP contribution in [-0.2, 0) is 16.1 Å². The summed E-state index contributed by atoms with van der Waals surface area (Å²) in [5.41, 5.74) is 5.21. The molecule has 0 radical (unpaired) electrons. The van der Waals surface area contributed by atoms with Gasteiger partial charge >= 0.3 is 6.09 Å². The third kappa shape index (κ3) is 8.14. The van der Waals surface area contributed by atoms with Gasteiger partial charge in [0.25, 0.3) is 0 Å². The van der Waals surface area contributed by atoms with Gasteiger partial charge in [0.05, 0.1) is 25.3 Å². The highest BCUT2D eigenvalue weighted by Crippen LogP contribution is 2.17. The first kappa shape index (κ1) is 23.5. The predicted octanol–water partition coefficient (Wildman–Crippen LogP) is 4.59. The van der Waals surface area contributed by atoms with E-state index in [9.17, 15) is 9.59 Å². The van der Waals surface area contributed by atoms with Crippen LogP contribution in [0.25, 0.3) is 0 Å². The Morgan fingerprint density at radius 2 is 1.61 bits per heavy atom. The number of rotatable bonds is 10. The Labute approximate surface area is 193 Å². The fraction of sp³-hybridized carbons (Fsp3) is 0.192. The van der Waals surface area contributed by atoms with E-state index in [0.29, 0.717) is 6.61 Å².